The van der Waals surface area contributed by atoms with Gasteiger partial charge in [-0.15, -0.1) is 0 Å². The number of hydrogen-bond donors (Lipinski definition) is 3. The average Bonchev–Trinajstić information content (AvgIpc) is 2.35. The molecule has 1 heterocycles. The van der Waals surface area contributed by atoms with Crippen LogP contribution in [-0.2, 0) is 4.79 Å². The highest BCUT2D eigenvalue weighted by molar-refractivity contribution is 5.77. The van der Waals surface area contributed by atoms with E-state index in [4.69, 9.17) is 0 Å². The van der Waals surface area contributed by atoms with Crippen molar-refractivity contribution in [3.8, 4) is 0 Å². The Hall–Kier alpha value is -0.610. The minimum Gasteiger partial charge on any atom is -0.391 e. The molecule has 4 unspecified atom stereocenters. The van der Waals surface area contributed by atoms with E-state index in [0.717, 1.165) is 32.2 Å². The first-order valence-electron chi connectivity index (χ1n) is 7.37. The highest BCUT2D eigenvalue weighted by Crippen LogP contribution is 2.20. The van der Waals surface area contributed by atoms with Gasteiger partial charge in [0.15, 0.2) is 0 Å². The van der Waals surface area contributed by atoms with Gasteiger partial charge >= 0.3 is 0 Å². The maximum Gasteiger partial charge on any atom is 0.221 e. The number of carbonyl (C=O) groups is 1. The molecule has 0 radical (unpaired) electrons. The summed E-state index contributed by atoms with van der Waals surface area (Å²) in [4.78, 5) is 12.0. The number of amides is 1. The predicted octanol–water partition coefficient (Wildman–Crippen LogP) is 1.18. The average molecular weight is 254 g/mol. The molecule has 2 rings (SSSR count). The third-order valence-corrected chi connectivity index (χ3v) is 4.41. The van der Waals surface area contributed by atoms with Crippen LogP contribution in [0, 0.1) is 5.92 Å². The molecule has 1 aliphatic heterocycles. The molecule has 4 atom stereocenters. The lowest BCUT2D eigenvalue weighted by Crippen LogP contribution is -2.48. The monoisotopic (exact) mass is 254 g/mol. The molecule has 4 nitrogen and oxygen atoms in total. The molecule has 1 aliphatic carbocycles. The first-order valence-corrected chi connectivity index (χ1v) is 7.37. The van der Waals surface area contributed by atoms with E-state index >= 15 is 0 Å². The lowest BCUT2D eigenvalue weighted by molar-refractivity contribution is -0.123. The molecule has 1 amide bonds. The fraction of sp³-hybridized carbons (Fsp3) is 0.929. The Kier molecular flexibility index (Phi) is 5.01. The third-order valence-electron chi connectivity index (χ3n) is 4.41. The Balaban J connectivity index is 1.77. The van der Waals surface area contributed by atoms with Crippen LogP contribution >= 0.6 is 0 Å². The summed E-state index contributed by atoms with van der Waals surface area (Å²) in [5, 5.41) is 16.3. The first kappa shape index (κ1) is 13.8. The van der Waals surface area contributed by atoms with E-state index in [0.29, 0.717) is 18.4 Å². The number of carbonyl (C=O) groups excluding carboxylic acids is 1. The molecule has 0 bridgehead atoms. The van der Waals surface area contributed by atoms with Crippen LogP contribution in [0.2, 0.25) is 0 Å². The van der Waals surface area contributed by atoms with Crippen LogP contribution in [0.15, 0.2) is 0 Å². The first-order chi connectivity index (χ1) is 8.66. The van der Waals surface area contributed by atoms with Gasteiger partial charge in [0.25, 0.3) is 0 Å². The number of aliphatic hydroxyl groups is 1. The Bertz CT molecular complexity index is 257. The topological polar surface area (TPSA) is 61.4 Å². The lowest BCUT2D eigenvalue weighted by Gasteiger charge is -2.32. The largest absolute Gasteiger partial charge is 0.391 e. The molecule has 4 heteroatoms. The van der Waals surface area contributed by atoms with E-state index in [9.17, 15) is 9.90 Å². The highest BCUT2D eigenvalue weighted by Gasteiger charge is 2.27. The molecular weight excluding hydrogens is 228 g/mol. The maximum atomic E-state index is 12.0. The van der Waals surface area contributed by atoms with Crippen molar-refractivity contribution in [1.29, 1.82) is 0 Å². The fourth-order valence-electron chi connectivity index (χ4n) is 3.13. The van der Waals surface area contributed by atoms with Gasteiger partial charge in [-0.2, -0.15) is 0 Å². The fourth-order valence-corrected chi connectivity index (χ4v) is 3.13. The molecule has 0 spiro atoms. The van der Waals surface area contributed by atoms with Crippen molar-refractivity contribution in [2.24, 2.45) is 5.92 Å². The van der Waals surface area contributed by atoms with E-state index in [1.165, 1.54) is 12.8 Å². The van der Waals surface area contributed by atoms with Crippen molar-refractivity contribution in [3.63, 3.8) is 0 Å². The Morgan fingerprint density at radius 3 is 2.78 bits per heavy atom. The van der Waals surface area contributed by atoms with Crippen LogP contribution in [0.1, 0.15) is 51.9 Å². The Labute approximate surface area is 110 Å². The summed E-state index contributed by atoms with van der Waals surface area (Å²) < 4.78 is 0. The Morgan fingerprint density at radius 2 is 2.06 bits per heavy atom. The smallest absolute Gasteiger partial charge is 0.221 e. The van der Waals surface area contributed by atoms with Gasteiger partial charge in [-0.3, -0.25) is 4.79 Å². The van der Waals surface area contributed by atoms with Crippen molar-refractivity contribution in [2.45, 2.75) is 70.1 Å². The highest BCUT2D eigenvalue weighted by atomic mass is 16.3. The van der Waals surface area contributed by atoms with Crippen molar-refractivity contribution in [3.05, 3.63) is 0 Å². The normalized spacial score (nSPS) is 37.2. The van der Waals surface area contributed by atoms with Crippen LogP contribution in [-0.4, -0.2) is 35.7 Å². The summed E-state index contributed by atoms with van der Waals surface area (Å²) in [7, 11) is 0. The van der Waals surface area contributed by atoms with E-state index in [1.807, 2.05) is 0 Å². The van der Waals surface area contributed by atoms with Crippen LogP contribution in [0.4, 0.5) is 0 Å². The number of hydrogen-bond acceptors (Lipinski definition) is 3. The van der Waals surface area contributed by atoms with Gasteiger partial charge in [-0.05, 0) is 38.1 Å². The molecule has 2 aliphatic rings. The molecule has 3 N–H and O–H groups in total. The van der Waals surface area contributed by atoms with Gasteiger partial charge in [0, 0.05) is 12.5 Å². The van der Waals surface area contributed by atoms with Crippen molar-refractivity contribution in [2.75, 3.05) is 6.54 Å². The van der Waals surface area contributed by atoms with E-state index < -0.39 is 0 Å². The maximum absolute atomic E-state index is 12.0. The molecule has 104 valence electrons. The molecule has 1 saturated carbocycles. The van der Waals surface area contributed by atoms with Gasteiger partial charge in [-0.25, -0.2) is 0 Å². The summed E-state index contributed by atoms with van der Waals surface area (Å²) in [6, 6.07) is 0.282. The second kappa shape index (κ2) is 6.53. The number of piperidine rings is 1. The third kappa shape index (κ3) is 3.69. The van der Waals surface area contributed by atoms with Crippen LogP contribution in [0.3, 0.4) is 0 Å². The van der Waals surface area contributed by atoms with Crippen molar-refractivity contribution >= 4 is 5.91 Å². The molecule has 18 heavy (non-hydrogen) atoms. The number of rotatable bonds is 3. The summed E-state index contributed by atoms with van der Waals surface area (Å²) in [5.74, 6) is 0.660. The summed E-state index contributed by atoms with van der Waals surface area (Å²) in [5.41, 5.74) is 0. The standard InChI is InChI=1S/C14H26N2O2/c1-10-5-4-8-15-12(10)9-14(18)16-11-6-2-3-7-13(11)17/h10-13,15,17H,2-9H2,1H3,(H,16,18). The second-order valence-corrected chi connectivity index (χ2v) is 5.91. The predicted molar refractivity (Wildman–Crippen MR) is 71.2 cm³/mol. The van der Waals surface area contributed by atoms with Gasteiger partial charge in [0.05, 0.1) is 12.1 Å². The zero-order valence-corrected chi connectivity index (χ0v) is 11.3. The minimum absolute atomic E-state index is 0.0230. The summed E-state index contributed by atoms with van der Waals surface area (Å²) >= 11 is 0. The lowest BCUT2D eigenvalue weighted by atomic mass is 9.89. The SMILES string of the molecule is CC1CCCNC1CC(=O)NC1CCCCC1O. The quantitative estimate of drug-likeness (QED) is 0.709. The van der Waals surface area contributed by atoms with Gasteiger partial charge in [0.2, 0.25) is 5.91 Å². The Morgan fingerprint density at radius 1 is 1.28 bits per heavy atom. The molecular formula is C14H26N2O2. The molecule has 0 aromatic heterocycles. The zero-order chi connectivity index (χ0) is 13.0. The molecule has 0 aromatic carbocycles. The van der Waals surface area contributed by atoms with E-state index in [-0.39, 0.29) is 18.1 Å². The molecule has 2 fully saturated rings. The van der Waals surface area contributed by atoms with Crippen LogP contribution in [0.5, 0.6) is 0 Å². The van der Waals surface area contributed by atoms with Crippen molar-refractivity contribution < 1.29 is 9.90 Å². The molecule has 1 saturated heterocycles. The summed E-state index contributed by atoms with van der Waals surface area (Å²) in [6.45, 7) is 3.23. The number of aliphatic hydroxyl groups excluding tert-OH is 1. The van der Waals surface area contributed by atoms with Gasteiger partial charge in [-0.1, -0.05) is 19.8 Å². The van der Waals surface area contributed by atoms with E-state index in [1.54, 1.807) is 0 Å². The van der Waals surface area contributed by atoms with Gasteiger partial charge in [0.1, 0.15) is 0 Å². The van der Waals surface area contributed by atoms with Crippen LogP contribution in [0.25, 0.3) is 0 Å². The van der Waals surface area contributed by atoms with Crippen LogP contribution < -0.4 is 10.6 Å². The minimum atomic E-state index is -0.348. The van der Waals surface area contributed by atoms with Crippen molar-refractivity contribution in [1.82, 2.24) is 10.6 Å². The van der Waals surface area contributed by atoms with E-state index in [2.05, 4.69) is 17.6 Å². The van der Waals surface area contributed by atoms with Gasteiger partial charge < -0.3 is 15.7 Å². The zero-order valence-electron chi connectivity index (χ0n) is 11.3. The summed E-state index contributed by atoms with van der Waals surface area (Å²) in [6.07, 6.45) is 6.54. The second-order valence-electron chi connectivity index (χ2n) is 5.91. The molecule has 0 aromatic rings. The number of nitrogens with one attached hydrogen (secondary N) is 2.